The van der Waals surface area contributed by atoms with Crippen molar-refractivity contribution in [2.24, 2.45) is 5.92 Å². The van der Waals surface area contributed by atoms with Crippen LogP contribution in [0.25, 0.3) is 11.1 Å². The summed E-state index contributed by atoms with van der Waals surface area (Å²) in [5.41, 5.74) is 8.18. The summed E-state index contributed by atoms with van der Waals surface area (Å²) in [7, 11) is 0. The lowest BCUT2D eigenvalue weighted by atomic mass is 9.88. The first kappa shape index (κ1) is 38.4. The minimum absolute atomic E-state index is 0.0941. The first-order valence-electron chi connectivity index (χ1n) is 20.1. The Morgan fingerprint density at radius 3 is 2.18 bits per heavy atom. The van der Waals surface area contributed by atoms with Crippen LogP contribution in [-0.4, -0.2) is 89.2 Å². The number of hydrogen-bond acceptors (Lipinski definition) is 8. The molecule has 0 radical (unpaired) electrons. The van der Waals surface area contributed by atoms with Crippen LogP contribution < -0.4 is 15.5 Å². The van der Waals surface area contributed by atoms with E-state index < -0.39 is 23.8 Å². The second-order valence-electron chi connectivity index (χ2n) is 15.6. The van der Waals surface area contributed by atoms with Crippen molar-refractivity contribution in [2.75, 3.05) is 48.8 Å². The Bertz CT molecular complexity index is 2170. The van der Waals surface area contributed by atoms with Gasteiger partial charge in [0.15, 0.2) is 0 Å². The molecule has 10 nitrogen and oxygen atoms in total. The molecule has 3 N–H and O–H groups in total. The molecule has 0 aliphatic carbocycles. The maximum atomic E-state index is 13.4. The number of allylic oxidation sites excluding steroid dienone is 1. The average molecular weight is 786 g/mol. The number of carbonyl (C=O) groups excluding carboxylic acids is 4. The van der Waals surface area contributed by atoms with Crippen LogP contribution in [0.15, 0.2) is 97.1 Å². The Morgan fingerprint density at radius 2 is 1.47 bits per heavy atom. The number of aromatic hydroxyl groups is 1. The van der Waals surface area contributed by atoms with Crippen LogP contribution in [0.3, 0.4) is 0 Å². The van der Waals surface area contributed by atoms with E-state index in [9.17, 15) is 24.3 Å². The lowest BCUT2D eigenvalue weighted by Gasteiger charge is -2.39. The number of fused-ring (bicyclic) bond motifs is 1. The van der Waals surface area contributed by atoms with Crippen molar-refractivity contribution in [1.29, 1.82) is 0 Å². The fraction of sp³-hybridized carbons (Fsp3) is 0.348. The smallest absolute Gasteiger partial charge is 0.262 e. The SMILES string of the molecule is O=C1CCC(N2C(=O)c3ccc(N[C@@H]4CCCN(CC5CCN(c6ccc(C(=C(CCCl)c7ccccc7)c7ccc(O)cc7)cc6)CC5)C4)cc3C2=O)C(=O)N1. The molecule has 57 heavy (non-hydrogen) atoms. The molecule has 4 heterocycles. The van der Waals surface area contributed by atoms with E-state index in [1.165, 1.54) is 11.3 Å². The highest BCUT2D eigenvalue weighted by molar-refractivity contribution is 6.23. The number of phenols is 1. The van der Waals surface area contributed by atoms with E-state index in [1.54, 1.807) is 24.3 Å². The number of carbonyl (C=O) groups is 4. The molecule has 4 aliphatic rings. The van der Waals surface area contributed by atoms with Gasteiger partial charge in [0, 0.05) is 55.9 Å². The van der Waals surface area contributed by atoms with Gasteiger partial charge in [-0.1, -0.05) is 54.6 Å². The topological polar surface area (TPSA) is 122 Å². The minimum atomic E-state index is -0.973. The number of piperidine rings is 3. The number of amides is 4. The van der Waals surface area contributed by atoms with E-state index in [-0.39, 0.29) is 36.1 Å². The van der Waals surface area contributed by atoms with Gasteiger partial charge >= 0.3 is 0 Å². The van der Waals surface area contributed by atoms with Crippen LogP contribution in [0.5, 0.6) is 5.75 Å². The number of rotatable bonds is 11. The zero-order chi connectivity index (χ0) is 39.5. The number of halogens is 1. The van der Waals surface area contributed by atoms with Crippen LogP contribution in [0.1, 0.15) is 82.4 Å². The van der Waals surface area contributed by atoms with Gasteiger partial charge in [-0.3, -0.25) is 29.4 Å². The first-order chi connectivity index (χ1) is 27.7. The van der Waals surface area contributed by atoms with E-state index >= 15 is 0 Å². The molecule has 4 aromatic carbocycles. The third-order valence-corrected chi connectivity index (χ3v) is 12.1. The van der Waals surface area contributed by atoms with Crippen LogP contribution in [-0.2, 0) is 9.59 Å². The van der Waals surface area contributed by atoms with Gasteiger partial charge in [0.2, 0.25) is 11.8 Å². The predicted octanol–water partition coefficient (Wildman–Crippen LogP) is 7.17. The molecule has 3 fully saturated rings. The molecule has 4 aromatic rings. The molecule has 8 rings (SSSR count). The lowest BCUT2D eigenvalue weighted by molar-refractivity contribution is -0.136. The largest absolute Gasteiger partial charge is 0.508 e. The number of alkyl halides is 1. The van der Waals surface area contributed by atoms with Gasteiger partial charge in [-0.25, -0.2) is 0 Å². The average Bonchev–Trinajstić information content (AvgIpc) is 3.47. The molecule has 0 spiro atoms. The molecule has 0 bridgehead atoms. The highest BCUT2D eigenvalue weighted by Gasteiger charge is 2.44. The van der Waals surface area contributed by atoms with E-state index in [0.717, 1.165) is 97.7 Å². The number of hydrogen-bond donors (Lipinski definition) is 3. The zero-order valence-electron chi connectivity index (χ0n) is 32.0. The van der Waals surface area contributed by atoms with Crippen LogP contribution in [0.4, 0.5) is 11.4 Å². The second-order valence-corrected chi connectivity index (χ2v) is 16.0. The fourth-order valence-electron chi connectivity index (χ4n) is 9.00. The quantitative estimate of drug-likeness (QED) is 0.0832. The van der Waals surface area contributed by atoms with Gasteiger partial charge in [-0.15, -0.1) is 11.6 Å². The van der Waals surface area contributed by atoms with E-state index in [2.05, 4.69) is 69.0 Å². The van der Waals surface area contributed by atoms with Gasteiger partial charge in [-0.05, 0) is 121 Å². The van der Waals surface area contributed by atoms with Gasteiger partial charge in [0.1, 0.15) is 11.8 Å². The Morgan fingerprint density at radius 1 is 0.772 bits per heavy atom. The van der Waals surface area contributed by atoms with Crippen molar-refractivity contribution in [2.45, 2.75) is 57.0 Å². The number of benzene rings is 4. The molecule has 4 aliphatic heterocycles. The molecule has 11 heteroatoms. The van der Waals surface area contributed by atoms with E-state index in [4.69, 9.17) is 11.6 Å². The summed E-state index contributed by atoms with van der Waals surface area (Å²) in [5.74, 6) is -0.626. The van der Waals surface area contributed by atoms with Gasteiger partial charge < -0.3 is 20.2 Å². The van der Waals surface area contributed by atoms with Gasteiger partial charge in [0.25, 0.3) is 11.8 Å². The third-order valence-electron chi connectivity index (χ3n) is 11.9. The van der Waals surface area contributed by atoms with Crippen molar-refractivity contribution in [3.63, 3.8) is 0 Å². The van der Waals surface area contributed by atoms with Crippen molar-refractivity contribution >= 4 is 57.8 Å². The molecule has 2 atom stereocenters. The Kier molecular flexibility index (Phi) is 11.4. The highest BCUT2D eigenvalue weighted by atomic mass is 35.5. The van der Waals surface area contributed by atoms with Gasteiger partial charge in [0.05, 0.1) is 11.1 Å². The molecule has 0 saturated carbocycles. The number of imide groups is 2. The number of nitrogens with zero attached hydrogens (tertiary/aromatic N) is 3. The van der Waals surface area contributed by atoms with Crippen molar-refractivity contribution in [3.8, 4) is 5.75 Å². The Balaban J connectivity index is 0.875. The van der Waals surface area contributed by atoms with Crippen LogP contribution in [0, 0.1) is 5.92 Å². The number of phenolic OH excluding ortho intramolecular Hbond substituents is 1. The maximum absolute atomic E-state index is 13.4. The molecule has 3 saturated heterocycles. The first-order valence-corrected chi connectivity index (χ1v) is 20.6. The number of anilines is 2. The molecular weight excluding hydrogens is 738 g/mol. The standard InChI is InChI=1S/C46H48ClN5O5/c47-23-20-38(31-5-2-1-3-6-31)43(33-10-15-37(53)16-11-33)32-8-13-36(14-9-32)51-25-21-30(22-26-51)28-50-24-4-7-35(29-50)48-34-12-17-39-40(27-34)46(57)52(45(39)56)41-18-19-42(54)49-44(41)55/h1-3,5-6,8-17,27,30,35,41,48,53H,4,7,18-26,28-29H2,(H,49,54,55)/t35-,41?/m1/s1. The highest BCUT2D eigenvalue weighted by Crippen LogP contribution is 2.37. The molecule has 1 unspecified atom stereocenters. The zero-order valence-corrected chi connectivity index (χ0v) is 32.7. The molecule has 0 aromatic heterocycles. The summed E-state index contributed by atoms with van der Waals surface area (Å²) >= 11 is 6.36. The fourth-order valence-corrected chi connectivity index (χ4v) is 9.19. The molecule has 4 amide bonds. The third kappa shape index (κ3) is 8.34. The van der Waals surface area contributed by atoms with E-state index in [0.29, 0.717) is 17.4 Å². The van der Waals surface area contributed by atoms with Crippen molar-refractivity contribution in [1.82, 2.24) is 15.1 Å². The lowest BCUT2D eigenvalue weighted by Crippen LogP contribution is -2.54. The number of nitrogens with one attached hydrogen (secondary N) is 2. The Hall–Kier alpha value is -5.45. The van der Waals surface area contributed by atoms with Crippen molar-refractivity contribution < 1.29 is 24.3 Å². The maximum Gasteiger partial charge on any atom is 0.262 e. The van der Waals surface area contributed by atoms with Crippen molar-refractivity contribution in [3.05, 3.63) is 125 Å². The summed E-state index contributed by atoms with van der Waals surface area (Å²) in [4.78, 5) is 56.7. The summed E-state index contributed by atoms with van der Waals surface area (Å²) in [5, 5.41) is 15.9. The van der Waals surface area contributed by atoms with E-state index in [1.807, 2.05) is 24.3 Å². The summed E-state index contributed by atoms with van der Waals surface area (Å²) in [6.07, 6.45) is 5.28. The molecule has 294 valence electrons. The van der Waals surface area contributed by atoms with Gasteiger partial charge in [-0.2, -0.15) is 0 Å². The minimum Gasteiger partial charge on any atom is -0.508 e. The van der Waals surface area contributed by atoms with Crippen LogP contribution in [0.2, 0.25) is 0 Å². The normalized spacial score (nSPS) is 21.0. The number of likely N-dealkylation sites (tertiary alicyclic amines) is 1. The molecular formula is C46H48ClN5O5. The second kappa shape index (κ2) is 17.0. The monoisotopic (exact) mass is 785 g/mol. The summed E-state index contributed by atoms with van der Waals surface area (Å²) < 4.78 is 0. The predicted molar refractivity (Wildman–Crippen MR) is 223 cm³/mol. The Labute approximate surface area is 338 Å². The van der Waals surface area contributed by atoms with Crippen LogP contribution >= 0.6 is 11.6 Å². The summed E-state index contributed by atoms with van der Waals surface area (Å²) in [6, 6.07) is 31.2. The summed E-state index contributed by atoms with van der Waals surface area (Å²) in [6.45, 7) is 5.01.